The summed E-state index contributed by atoms with van der Waals surface area (Å²) >= 11 is 0. The molecule has 2 aromatic carbocycles. The number of fused-ring (bicyclic) bond motifs is 1. The summed E-state index contributed by atoms with van der Waals surface area (Å²) in [6.07, 6.45) is 5.19. The van der Waals surface area contributed by atoms with E-state index in [9.17, 15) is 9.18 Å². The SMILES string of the molecule is Cl.O=C(O)C1CCN(CC2=Cc3c(F)cc(C#CCCCc4ccccc4)cc3OC2)C1. The van der Waals surface area contributed by atoms with E-state index in [0.29, 0.717) is 43.0 Å². The Labute approximate surface area is 194 Å². The summed E-state index contributed by atoms with van der Waals surface area (Å²) in [5, 5.41) is 9.15. The molecular weight excluding hydrogens is 429 g/mol. The molecule has 0 radical (unpaired) electrons. The summed E-state index contributed by atoms with van der Waals surface area (Å²) in [5.74, 6) is 5.30. The summed E-state index contributed by atoms with van der Waals surface area (Å²) in [7, 11) is 0. The van der Waals surface area contributed by atoms with E-state index in [2.05, 4.69) is 28.9 Å². The van der Waals surface area contributed by atoms with E-state index >= 15 is 0 Å². The molecule has 1 N–H and O–H groups in total. The molecule has 1 saturated heterocycles. The number of hydrogen-bond donors (Lipinski definition) is 1. The molecule has 4 rings (SSSR count). The van der Waals surface area contributed by atoms with Crippen LogP contribution in [-0.2, 0) is 11.2 Å². The van der Waals surface area contributed by atoms with Gasteiger partial charge in [0, 0.05) is 25.1 Å². The zero-order valence-electron chi connectivity index (χ0n) is 17.9. The van der Waals surface area contributed by atoms with E-state index < -0.39 is 5.97 Å². The van der Waals surface area contributed by atoms with Gasteiger partial charge in [-0.1, -0.05) is 42.2 Å². The van der Waals surface area contributed by atoms with Crippen molar-refractivity contribution in [1.29, 1.82) is 0 Å². The molecule has 2 aliphatic rings. The van der Waals surface area contributed by atoms with Crippen LogP contribution >= 0.6 is 12.4 Å². The molecule has 0 aliphatic carbocycles. The lowest BCUT2D eigenvalue weighted by Gasteiger charge is -2.22. The maximum absolute atomic E-state index is 14.7. The monoisotopic (exact) mass is 455 g/mol. The lowest BCUT2D eigenvalue weighted by Crippen LogP contribution is -2.27. The molecule has 2 aromatic rings. The molecule has 0 spiro atoms. The summed E-state index contributed by atoms with van der Waals surface area (Å²) < 4.78 is 20.5. The first-order valence-electron chi connectivity index (χ1n) is 10.7. The van der Waals surface area contributed by atoms with Crippen LogP contribution in [0.25, 0.3) is 6.08 Å². The molecule has 32 heavy (non-hydrogen) atoms. The largest absolute Gasteiger partial charge is 0.488 e. The number of ether oxygens (including phenoxy) is 1. The fourth-order valence-electron chi connectivity index (χ4n) is 4.09. The van der Waals surface area contributed by atoms with Crippen molar-refractivity contribution in [2.75, 3.05) is 26.2 Å². The Balaban J connectivity index is 0.00000289. The van der Waals surface area contributed by atoms with Crippen LogP contribution in [0.3, 0.4) is 0 Å². The van der Waals surface area contributed by atoms with Crippen LogP contribution in [0.15, 0.2) is 48.0 Å². The van der Waals surface area contributed by atoms with Gasteiger partial charge in [-0.25, -0.2) is 4.39 Å². The van der Waals surface area contributed by atoms with Crippen LogP contribution in [0.1, 0.15) is 36.0 Å². The number of nitrogens with zero attached hydrogens (tertiary/aromatic N) is 1. The number of unbranched alkanes of at least 4 members (excludes halogenated alkanes) is 1. The van der Waals surface area contributed by atoms with E-state index in [1.165, 1.54) is 11.6 Å². The number of benzene rings is 2. The van der Waals surface area contributed by atoms with Crippen LogP contribution in [0.5, 0.6) is 5.75 Å². The van der Waals surface area contributed by atoms with Crippen molar-refractivity contribution in [3.05, 3.63) is 70.5 Å². The van der Waals surface area contributed by atoms with Gasteiger partial charge in [-0.15, -0.1) is 12.4 Å². The van der Waals surface area contributed by atoms with E-state index in [0.717, 1.165) is 31.4 Å². The number of aliphatic carboxylic acids is 1. The third kappa shape index (κ3) is 6.12. The molecule has 4 nitrogen and oxygen atoms in total. The van der Waals surface area contributed by atoms with Gasteiger partial charge in [0.1, 0.15) is 18.2 Å². The van der Waals surface area contributed by atoms with Crippen molar-refractivity contribution < 1.29 is 19.0 Å². The van der Waals surface area contributed by atoms with Crippen LogP contribution < -0.4 is 4.74 Å². The quantitative estimate of drug-likeness (QED) is 0.502. The van der Waals surface area contributed by atoms with Crippen molar-refractivity contribution in [2.24, 2.45) is 5.92 Å². The number of carboxylic acids is 1. The maximum Gasteiger partial charge on any atom is 0.307 e. The fraction of sp³-hybridized carbons (Fsp3) is 0.346. The van der Waals surface area contributed by atoms with Crippen molar-refractivity contribution in [3.63, 3.8) is 0 Å². The van der Waals surface area contributed by atoms with Crippen LogP contribution in [0, 0.1) is 23.6 Å². The Morgan fingerprint density at radius 3 is 2.81 bits per heavy atom. The molecule has 1 unspecified atom stereocenters. The smallest absolute Gasteiger partial charge is 0.307 e. The standard InChI is InChI=1S/C26H26FNO3.ClH/c27-24-14-20(10-6-2-5-9-19-7-3-1-4-8-19)15-25-23(24)13-21(18-31-25)16-28-12-11-22(17-28)26(29)30;/h1,3-4,7-8,13-15,22H,2,5,9,11-12,16-18H2,(H,29,30);1H. The minimum absolute atomic E-state index is 0. The zero-order chi connectivity index (χ0) is 21.6. The third-order valence-corrected chi connectivity index (χ3v) is 5.74. The summed E-state index contributed by atoms with van der Waals surface area (Å²) in [6, 6.07) is 13.6. The van der Waals surface area contributed by atoms with Crippen LogP contribution in [-0.4, -0.2) is 42.2 Å². The maximum atomic E-state index is 14.7. The van der Waals surface area contributed by atoms with Gasteiger partial charge in [0.05, 0.1) is 11.5 Å². The lowest BCUT2D eigenvalue weighted by atomic mass is 10.0. The van der Waals surface area contributed by atoms with Gasteiger partial charge in [-0.05, 0) is 55.2 Å². The predicted molar refractivity (Wildman–Crippen MR) is 126 cm³/mol. The Morgan fingerprint density at radius 1 is 1.25 bits per heavy atom. The van der Waals surface area contributed by atoms with Crippen molar-refractivity contribution >= 4 is 24.5 Å². The van der Waals surface area contributed by atoms with E-state index in [1.54, 1.807) is 6.07 Å². The lowest BCUT2D eigenvalue weighted by molar-refractivity contribution is -0.141. The normalized spacial score (nSPS) is 17.3. The van der Waals surface area contributed by atoms with Gasteiger partial charge in [-0.3, -0.25) is 9.69 Å². The average molecular weight is 456 g/mol. The van der Waals surface area contributed by atoms with Crippen molar-refractivity contribution in [1.82, 2.24) is 4.90 Å². The summed E-state index contributed by atoms with van der Waals surface area (Å²) in [5.41, 5.74) is 3.33. The Morgan fingerprint density at radius 2 is 2.06 bits per heavy atom. The second-order valence-electron chi connectivity index (χ2n) is 8.16. The van der Waals surface area contributed by atoms with Gasteiger partial charge < -0.3 is 9.84 Å². The second kappa shape index (κ2) is 11.2. The Hall–Kier alpha value is -2.81. The van der Waals surface area contributed by atoms with Gasteiger partial charge in [0.15, 0.2) is 0 Å². The van der Waals surface area contributed by atoms with Crippen LogP contribution in [0.2, 0.25) is 0 Å². The molecule has 1 atom stereocenters. The Bertz CT molecular complexity index is 1040. The molecule has 0 saturated carbocycles. The number of carboxylic acid groups (broad SMARTS) is 1. The third-order valence-electron chi connectivity index (χ3n) is 5.74. The summed E-state index contributed by atoms with van der Waals surface area (Å²) in [6.45, 7) is 2.25. The fourth-order valence-corrected chi connectivity index (χ4v) is 4.09. The second-order valence-corrected chi connectivity index (χ2v) is 8.16. The molecular formula is C26H27ClFNO3. The van der Waals surface area contributed by atoms with Crippen molar-refractivity contribution in [3.8, 4) is 17.6 Å². The highest BCUT2D eigenvalue weighted by Crippen LogP contribution is 2.31. The number of hydrogen-bond acceptors (Lipinski definition) is 3. The number of rotatable bonds is 6. The average Bonchev–Trinajstić information content (AvgIpc) is 3.24. The number of halogens is 2. The highest BCUT2D eigenvalue weighted by atomic mass is 35.5. The number of carbonyl (C=O) groups is 1. The van der Waals surface area contributed by atoms with E-state index in [4.69, 9.17) is 9.84 Å². The van der Waals surface area contributed by atoms with Gasteiger partial charge >= 0.3 is 5.97 Å². The van der Waals surface area contributed by atoms with Gasteiger partial charge in [0.2, 0.25) is 0 Å². The van der Waals surface area contributed by atoms with Crippen LogP contribution in [0.4, 0.5) is 4.39 Å². The molecule has 0 aromatic heterocycles. The highest BCUT2D eigenvalue weighted by molar-refractivity contribution is 5.85. The highest BCUT2D eigenvalue weighted by Gasteiger charge is 2.29. The van der Waals surface area contributed by atoms with E-state index in [1.807, 2.05) is 24.3 Å². The first-order chi connectivity index (χ1) is 15.1. The Kier molecular flexibility index (Phi) is 8.33. The molecule has 0 bridgehead atoms. The van der Waals surface area contributed by atoms with Gasteiger partial charge in [0.25, 0.3) is 0 Å². The first-order valence-corrected chi connectivity index (χ1v) is 10.7. The topological polar surface area (TPSA) is 49.8 Å². The number of aryl methyl sites for hydroxylation is 1. The molecule has 2 aliphatic heterocycles. The molecule has 6 heteroatoms. The van der Waals surface area contributed by atoms with Crippen molar-refractivity contribution in [2.45, 2.75) is 25.7 Å². The molecule has 0 amide bonds. The predicted octanol–water partition coefficient (Wildman–Crippen LogP) is 4.80. The molecule has 168 valence electrons. The summed E-state index contributed by atoms with van der Waals surface area (Å²) in [4.78, 5) is 13.2. The minimum Gasteiger partial charge on any atom is -0.488 e. The molecule has 1 fully saturated rings. The number of likely N-dealkylation sites (tertiary alicyclic amines) is 1. The first kappa shape index (κ1) is 23.8. The van der Waals surface area contributed by atoms with Gasteiger partial charge in [-0.2, -0.15) is 0 Å². The molecule has 2 heterocycles. The zero-order valence-corrected chi connectivity index (χ0v) is 18.7. The minimum atomic E-state index is -0.749. The van der Waals surface area contributed by atoms with E-state index in [-0.39, 0.29) is 24.1 Å².